The van der Waals surface area contributed by atoms with Crippen molar-refractivity contribution in [2.45, 2.75) is 45.4 Å². The van der Waals surface area contributed by atoms with Gasteiger partial charge in [-0.3, -0.25) is 9.97 Å². The fourth-order valence-corrected chi connectivity index (χ4v) is 4.84. The molecule has 3 N–H and O–H groups in total. The maximum atomic E-state index is 12.5. The summed E-state index contributed by atoms with van der Waals surface area (Å²) in [6, 6.07) is 19.1. The molecule has 3 heterocycles. The van der Waals surface area contributed by atoms with Crippen LogP contribution in [0, 0.1) is 0 Å². The topological polar surface area (TPSA) is 112 Å². The number of aromatic nitrogens is 3. The molecule has 2 aromatic carbocycles. The summed E-state index contributed by atoms with van der Waals surface area (Å²) >= 11 is 3.51. The predicted molar refractivity (Wildman–Crippen MR) is 161 cm³/mol. The number of benzene rings is 2. The van der Waals surface area contributed by atoms with Gasteiger partial charge in [-0.15, -0.1) is 0 Å². The Balaban J connectivity index is 1.48. The number of anilines is 1. The number of hydrogen-bond acceptors (Lipinski definition) is 7. The summed E-state index contributed by atoms with van der Waals surface area (Å²) in [6.45, 7) is 7.35. The summed E-state index contributed by atoms with van der Waals surface area (Å²) in [7, 11) is 0. The highest BCUT2D eigenvalue weighted by molar-refractivity contribution is 9.10. The lowest BCUT2D eigenvalue weighted by molar-refractivity contribution is 0.0454. The van der Waals surface area contributed by atoms with Crippen LogP contribution in [0.5, 0.6) is 5.75 Å². The normalized spacial score (nSPS) is 13.1. The van der Waals surface area contributed by atoms with E-state index < -0.39 is 23.8 Å². The molecule has 5 rings (SSSR count). The molecule has 5 aromatic rings. The van der Waals surface area contributed by atoms with Crippen molar-refractivity contribution in [3.05, 3.63) is 89.3 Å². The lowest BCUT2D eigenvalue weighted by Crippen LogP contribution is -2.42. The van der Waals surface area contributed by atoms with Gasteiger partial charge in [0.25, 0.3) is 0 Å². The quantitative estimate of drug-likeness (QED) is 0.198. The van der Waals surface area contributed by atoms with Crippen LogP contribution in [0.25, 0.3) is 32.9 Å². The molecule has 2 atom stereocenters. The van der Waals surface area contributed by atoms with Gasteiger partial charge in [0.05, 0.1) is 23.4 Å². The predicted octanol–water partition coefficient (Wildman–Crippen LogP) is 7.22. The number of rotatable bonds is 6. The Morgan fingerprint density at radius 3 is 2.50 bits per heavy atom. The Bertz CT molecular complexity index is 1690. The molecule has 0 fully saturated rings. The van der Waals surface area contributed by atoms with Crippen molar-refractivity contribution in [2.75, 3.05) is 5.73 Å². The van der Waals surface area contributed by atoms with Gasteiger partial charge < -0.3 is 20.5 Å². The van der Waals surface area contributed by atoms with E-state index in [1.54, 1.807) is 18.6 Å². The summed E-state index contributed by atoms with van der Waals surface area (Å²) < 4.78 is 12.9. The molecule has 0 radical (unpaired) electrons. The van der Waals surface area contributed by atoms with Crippen LogP contribution in [-0.4, -0.2) is 32.7 Å². The maximum absolute atomic E-state index is 12.5. The van der Waals surface area contributed by atoms with Gasteiger partial charge in [-0.05, 0) is 62.9 Å². The van der Waals surface area contributed by atoms with Crippen molar-refractivity contribution in [2.24, 2.45) is 0 Å². The van der Waals surface area contributed by atoms with Gasteiger partial charge in [0.1, 0.15) is 23.3 Å². The number of ether oxygens (including phenoxy) is 2. The third-order valence-corrected chi connectivity index (χ3v) is 6.76. The van der Waals surface area contributed by atoms with Gasteiger partial charge in [-0.1, -0.05) is 52.3 Å². The van der Waals surface area contributed by atoms with Crippen molar-refractivity contribution in [3.63, 3.8) is 0 Å². The second-order valence-electron chi connectivity index (χ2n) is 10.6. The van der Waals surface area contributed by atoms with Crippen LogP contribution in [0.3, 0.4) is 0 Å². The molecule has 0 saturated heterocycles. The number of hydrogen-bond donors (Lipinski definition) is 2. The van der Waals surface area contributed by atoms with Crippen LogP contribution in [0.2, 0.25) is 0 Å². The van der Waals surface area contributed by atoms with Crippen molar-refractivity contribution < 1.29 is 14.3 Å². The first kappa shape index (κ1) is 27.3. The van der Waals surface area contributed by atoms with Crippen LogP contribution < -0.4 is 15.8 Å². The fraction of sp³-hybridized carbons (Fsp3) is 0.226. The van der Waals surface area contributed by atoms with E-state index in [2.05, 4.69) is 36.2 Å². The molecule has 8 nitrogen and oxygen atoms in total. The van der Waals surface area contributed by atoms with Gasteiger partial charge >= 0.3 is 6.09 Å². The summed E-state index contributed by atoms with van der Waals surface area (Å²) in [6.07, 6.45) is 4.09. The fourth-order valence-electron chi connectivity index (χ4n) is 4.50. The standard InChI is InChI=1S/C31H30BrN5O3/c1-18(36-30(38)40-31(2,3)4)28(19-8-6-5-7-9-19)39-22-12-20(15-34-16-22)26-14-24-23-11-10-21(32)13-27(23)35-17-25(24)29(33)37-26/h5-18,28H,1-4H3,(H2,33,37)(H,36,38). The molecule has 0 aliphatic rings. The Kier molecular flexibility index (Phi) is 7.58. The number of halogens is 1. The third-order valence-electron chi connectivity index (χ3n) is 6.27. The summed E-state index contributed by atoms with van der Waals surface area (Å²) in [5.41, 5.74) is 8.92. The van der Waals surface area contributed by atoms with E-state index in [1.165, 1.54) is 0 Å². The number of alkyl carbamates (subject to hydrolysis) is 1. The molecule has 1 amide bonds. The van der Waals surface area contributed by atoms with E-state index in [-0.39, 0.29) is 0 Å². The highest BCUT2D eigenvalue weighted by atomic mass is 79.9. The molecule has 2 unspecified atom stereocenters. The number of fused-ring (bicyclic) bond motifs is 3. The lowest BCUT2D eigenvalue weighted by atomic mass is 10.0. The van der Waals surface area contributed by atoms with Gasteiger partial charge in [0.15, 0.2) is 0 Å². The van der Waals surface area contributed by atoms with Gasteiger partial charge in [0, 0.05) is 33.2 Å². The summed E-state index contributed by atoms with van der Waals surface area (Å²) in [4.78, 5) is 26.1. The molecule has 204 valence electrons. The van der Waals surface area contributed by atoms with E-state index >= 15 is 0 Å². The third kappa shape index (κ3) is 6.15. The van der Waals surface area contributed by atoms with Crippen LogP contribution in [0.15, 0.2) is 83.7 Å². The molecular formula is C31H30BrN5O3. The van der Waals surface area contributed by atoms with Crippen molar-refractivity contribution in [3.8, 4) is 17.0 Å². The zero-order valence-electron chi connectivity index (χ0n) is 22.7. The number of pyridine rings is 3. The monoisotopic (exact) mass is 599 g/mol. The lowest BCUT2D eigenvalue weighted by Gasteiger charge is -2.28. The zero-order chi connectivity index (χ0) is 28.4. The van der Waals surface area contributed by atoms with Crippen LogP contribution in [-0.2, 0) is 4.74 Å². The van der Waals surface area contributed by atoms with Crippen molar-refractivity contribution >= 4 is 49.5 Å². The smallest absolute Gasteiger partial charge is 0.408 e. The van der Waals surface area contributed by atoms with Gasteiger partial charge in [-0.25, -0.2) is 9.78 Å². The Morgan fingerprint density at radius 2 is 1.75 bits per heavy atom. The van der Waals surface area contributed by atoms with E-state index in [4.69, 9.17) is 15.2 Å². The molecule has 0 bridgehead atoms. The number of carbonyl (C=O) groups is 1. The Labute approximate surface area is 241 Å². The summed E-state index contributed by atoms with van der Waals surface area (Å²) in [5.74, 6) is 0.904. The molecule has 0 saturated carbocycles. The second kappa shape index (κ2) is 11.1. The Morgan fingerprint density at radius 1 is 0.975 bits per heavy atom. The number of carbonyl (C=O) groups excluding carboxylic acids is 1. The average molecular weight is 601 g/mol. The molecule has 0 aliphatic carbocycles. The highest BCUT2D eigenvalue weighted by Gasteiger charge is 2.26. The highest BCUT2D eigenvalue weighted by Crippen LogP contribution is 2.33. The largest absolute Gasteiger partial charge is 0.482 e. The summed E-state index contributed by atoms with van der Waals surface area (Å²) in [5, 5.41) is 5.61. The van der Waals surface area contributed by atoms with E-state index in [0.29, 0.717) is 17.3 Å². The number of amides is 1. The SMILES string of the molecule is CC(NC(=O)OC(C)(C)C)C(Oc1cncc(-c2cc3c(cnc4cc(Br)ccc43)c(N)n2)c1)c1ccccc1. The van der Waals surface area contributed by atoms with Gasteiger partial charge in [0.2, 0.25) is 0 Å². The van der Waals surface area contributed by atoms with Crippen LogP contribution in [0.1, 0.15) is 39.4 Å². The van der Waals surface area contributed by atoms with E-state index in [1.807, 2.05) is 88.4 Å². The molecule has 9 heteroatoms. The number of nitrogens with zero attached hydrogens (tertiary/aromatic N) is 3. The first-order valence-electron chi connectivity index (χ1n) is 12.9. The number of nitrogens with one attached hydrogen (secondary N) is 1. The van der Waals surface area contributed by atoms with Crippen LogP contribution >= 0.6 is 15.9 Å². The molecule has 40 heavy (non-hydrogen) atoms. The van der Waals surface area contributed by atoms with Crippen molar-refractivity contribution in [1.29, 1.82) is 0 Å². The zero-order valence-corrected chi connectivity index (χ0v) is 24.3. The van der Waals surface area contributed by atoms with Crippen molar-refractivity contribution in [1.82, 2.24) is 20.3 Å². The first-order chi connectivity index (χ1) is 19.1. The number of nitrogen functional groups attached to an aromatic ring is 1. The van der Waals surface area contributed by atoms with E-state index in [9.17, 15) is 4.79 Å². The molecule has 3 aromatic heterocycles. The van der Waals surface area contributed by atoms with Crippen LogP contribution in [0.4, 0.5) is 10.6 Å². The number of nitrogens with two attached hydrogens (primary N) is 1. The average Bonchev–Trinajstić information content (AvgIpc) is 2.90. The maximum Gasteiger partial charge on any atom is 0.408 e. The minimum absolute atomic E-state index is 0.383. The second-order valence-corrected chi connectivity index (χ2v) is 11.5. The minimum atomic E-state index is -0.613. The first-order valence-corrected chi connectivity index (χ1v) is 13.7. The van der Waals surface area contributed by atoms with E-state index in [0.717, 1.165) is 37.3 Å². The molecule has 0 spiro atoms. The minimum Gasteiger partial charge on any atom is -0.482 e. The molecule has 0 aliphatic heterocycles. The van der Waals surface area contributed by atoms with Gasteiger partial charge in [-0.2, -0.15) is 0 Å². The molecular weight excluding hydrogens is 570 g/mol. The Hall–Kier alpha value is -4.24.